The Kier molecular flexibility index (Phi) is 8.45. The maximum atomic E-state index is 2.47. The number of aromatic nitrogens is 2. The van der Waals surface area contributed by atoms with Crippen LogP contribution in [0.5, 0.6) is 0 Å². The van der Waals surface area contributed by atoms with E-state index in [0.717, 1.165) is 11.4 Å². The molecule has 13 rings (SSSR count). The Morgan fingerprint density at radius 3 is 1.48 bits per heavy atom. The molecule has 0 amide bonds. The highest BCUT2D eigenvalue weighted by atomic mass is 32.1. The smallest absolute Gasteiger partial charge is 0.179 e. The highest BCUT2D eigenvalue weighted by molar-refractivity contribution is 7.25. The van der Waals surface area contributed by atoms with Gasteiger partial charge in [0.1, 0.15) is 0 Å². The molecule has 0 atom stereocenters. The van der Waals surface area contributed by atoms with Gasteiger partial charge in [-0.2, -0.15) is 0 Å². The Hall–Kier alpha value is -7.76. The third kappa shape index (κ3) is 5.50. The van der Waals surface area contributed by atoms with Gasteiger partial charge in [-0.05, 0) is 92.5 Å². The summed E-state index contributed by atoms with van der Waals surface area (Å²) in [7, 11) is -2.66. The summed E-state index contributed by atoms with van der Waals surface area (Å²) in [6.45, 7) is 0. The molecule has 0 spiro atoms. The Labute approximate surface area is 376 Å². The number of hydrogen-bond acceptors (Lipinski definition) is 1. The number of rotatable bonds is 7. The van der Waals surface area contributed by atoms with Gasteiger partial charge in [-0.3, -0.25) is 0 Å². The molecule has 0 bridgehead atoms. The summed E-state index contributed by atoms with van der Waals surface area (Å²) in [6.07, 6.45) is 0. The van der Waals surface area contributed by atoms with E-state index in [4.69, 9.17) is 0 Å². The second kappa shape index (κ2) is 14.7. The second-order valence-electron chi connectivity index (χ2n) is 16.8. The van der Waals surface area contributed by atoms with Crippen LogP contribution in [0.25, 0.3) is 86.3 Å². The average molecular weight is 849 g/mol. The lowest BCUT2D eigenvalue weighted by Gasteiger charge is -2.34. The van der Waals surface area contributed by atoms with E-state index in [9.17, 15) is 0 Å². The lowest BCUT2D eigenvalue weighted by molar-refractivity contribution is 1.17. The molecule has 64 heavy (non-hydrogen) atoms. The van der Waals surface area contributed by atoms with Crippen molar-refractivity contribution in [2.24, 2.45) is 0 Å². The largest absolute Gasteiger partial charge is 0.309 e. The quantitative estimate of drug-likeness (QED) is 0.112. The number of nitrogens with zero attached hydrogens (tertiary/aromatic N) is 2. The maximum Gasteiger partial charge on any atom is 0.179 e. The van der Waals surface area contributed by atoms with Crippen LogP contribution in [0.3, 0.4) is 0 Å². The van der Waals surface area contributed by atoms with Crippen LogP contribution in [0.15, 0.2) is 243 Å². The third-order valence-electron chi connectivity index (χ3n) is 13.5. The van der Waals surface area contributed by atoms with E-state index in [2.05, 4.69) is 252 Å². The van der Waals surface area contributed by atoms with E-state index >= 15 is 0 Å². The molecular weight excluding hydrogens is 809 g/mol. The molecule has 4 heteroatoms. The number of para-hydroxylation sites is 2. The van der Waals surface area contributed by atoms with Crippen molar-refractivity contribution >= 4 is 104 Å². The fourth-order valence-electron chi connectivity index (χ4n) is 10.7. The molecule has 3 heterocycles. The molecule has 10 aromatic carbocycles. The van der Waals surface area contributed by atoms with Crippen LogP contribution >= 0.6 is 11.3 Å². The molecule has 300 valence electrons. The minimum Gasteiger partial charge on any atom is -0.309 e. The molecule has 0 N–H and O–H groups in total. The number of thiophene rings is 1. The zero-order valence-electron chi connectivity index (χ0n) is 34.9. The summed E-state index contributed by atoms with van der Waals surface area (Å²) in [4.78, 5) is 0. The van der Waals surface area contributed by atoms with Gasteiger partial charge in [0.15, 0.2) is 8.07 Å². The predicted molar refractivity (Wildman–Crippen MR) is 277 cm³/mol. The van der Waals surface area contributed by atoms with Gasteiger partial charge in [-0.15, -0.1) is 11.3 Å². The van der Waals surface area contributed by atoms with Crippen LogP contribution in [0.1, 0.15) is 0 Å². The van der Waals surface area contributed by atoms with Gasteiger partial charge in [0, 0.05) is 53.1 Å². The molecule has 2 nitrogen and oxygen atoms in total. The van der Waals surface area contributed by atoms with Crippen LogP contribution in [0.4, 0.5) is 0 Å². The van der Waals surface area contributed by atoms with Crippen molar-refractivity contribution in [1.82, 2.24) is 9.13 Å². The summed E-state index contributed by atoms with van der Waals surface area (Å²) in [6, 6.07) is 90.3. The van der Waals surface area contributed by atoms with E-state index in [1.807, 2.05) is 11.3 Å². The first kappa shape index (κ1) is 36.9. The van der Waals surface area contributed by atoms with Crippen LogP contribution in [0, 0.1) is 0 Å². The summed E-state index contributed by atoms with van der Waals surface area (Å²) in [5.41, 5.74) is 9.59. The molecule has 0 aliphatic rings. The molecule has 0 radical (unpaired) electrons. The normalized spacial score (nSPS) is 12.1. The predicted octanol–water partition coefficient (Wildman–Crippen LogP) is 13.3. The summed E-state index contributed by atoms with van der Waals surface area (Å²) in [5, 5.41) is 13.1. The van der Waals surface area contributed by atoms with Crippen LogP contribution in [0.2, 0.25) is 0 Å². The maximum absolute atomic E-state index is 2.66. The van der Waals surface area contributed by atoms with E-state index in [0.29, 0.717) is 0 Å². The minimum absolute atomic E-state index is 1.15. The summed E-state index contributed by atoms with van der Waals surface area (Å²) >= 11 is 1.88. The standard InChI is InChI=1S/C60H40N2SSi/c1-4-17-44(18-5-1)64(45-19-6-2-7-20-45,46-21-8-3-9-22-46)47-35-32-42(33-36-47)61-54-27-13-10-23-49(54)53-40-43(34-38-56(53)61)62-55-28-14-11-25-52(55)60-48(26-16-29-57(60)62)41-31-37-51-50-24-12-15-30-58(50)63-59(51)39-41/h1-40H. The molecule has 0 aliphatic heterocycles. The Morgan fingerprint density at radius 2 is 0.797 bits per heavy atom. The van der Waals surface area contributed by atoms with Crippen molar-refractivity contribution in [3.8, 4) is 22.5 Å². The van der Waals surface area contributed by atoms with Gasteiger partial charge in [0.25, 0.3) is 0 Å². The van der Waals surface area contributed by atoms with Crippen LogP contribution in [-0.4, -0.2) is 17.2 Å². The number of benzene rings is 10. The van der Waals surface area contributed by atoms with Gasteiger partial charge in [-0.1, -0.05) is 182 Å². The van der Waals surface area contributed by atoms with E-state index in [1.165, 1.54) is 95.7 Å². The average Bonchev–Trinajstić information content (AvgIpc) is 4.03. The fourth-order valence-corrected chi connectivity index (χ4v) is 16.6. The first-order valence-electron chi connectivity index (χ1n) is 22.0. The molecule has 0 saturated carbocycles. The van der Waals surface area contributed by atoms with Crippen molar-refractivity contribution < 1.29 is 0 Å². The molecular formula is C60H40N2SSi. The van der Waals surface area contributed by atoms with Crippen molar-refractivity contribution in [1.29, 1.82) is 0 Å². The zero-order chi connectivity index (χ0) is 42.2. The fraction of sp³-hybridized carbons (Fsp3) is 0. The number of fused-ring (bicyclic) bond motifs is 9. The van der Waals surface area contributed by atoms with Crippen molar-refractivity contribution in [2.75, 3.05) is 0 Å². The van der Waals surface area contributed by atoms with Crippen LogP contribution < -0.4 is 20.7 Å². The Morgan fingerprint density at radius 1 is 0.297 bits per heavy atom. The van der Waals surface area contributed by atoms with Crippen molar-refractivity contribution in [3.63, 3.8) is 0 Å². The molecule has 0 fully saturated rings. The highest BCUT2D eigenvalue weighted by Gasteiger charge is 2.41. The first-order valence-corrected chi connectivity index (χ1v) is 24.8. The van der Waals surface area contributed by atoms with Gasteiger partial charge in [0.2, 0.25) is 0 Å². The molecule has 0 unspecified atom stereocenters. The van der Waals surface area contributed by atoms with E-state index in [1.54, 1.807) is 0 Å². The van der Waals surface area contributed by atoms with Gasteiger partial charge >= 0.3 is 0 Å². The summed E-state index contributed by atoms with van der Waals surface area (Å²) < 4.78 is 7.56. The lowest BCUT2D eigenvalue weighted by Crippen LogP contribution is -2.74. The highest BCUT2D eigenvalue weighted by Crippen LogP contribution is 2.42. The Bertz CT molecular complexity index is 3790. The molecule has 3 aromatic heterocycles. The lowest BCUT2D eigenvalue weighted by atomic mass is 9.98. The minimum atomic E-state index is -2.66. The molecule has 0 saturated heterocycles. The SMILES string of the molecule is c1ccc([Si](c2ccccc2)(c2ccccc2)c2ccc(-n3c4ccccc4c4cc(-n5c6ccccc6c6c(-c7ccc8c(c7)sc7ccccc78)cccc65)ccc43)cc2)cc1. The zero-order valence-corrected chi connectivity index (χ0v) is 36.7. The van der Waals surface area contributed by atoms with Crippen molar-refractivity contribution in [2.45, 2.75) is 0 Å². The second-order valence-corrected chi connectivity index (χ2v) is 21.7. The van der Waals surface area contributed by atoms with Crippen molar-refractivity contribution in [3.05, 3.63) is 243 Å². The first-order chi connectivity index (χ1) is 31.8. The topological polar surface area (TPSA) is 9.86 Å². The monoisotopic (exact) mass is 848 g/mol. The van der Waals surface area contributed by atoms with Gasteiger partial charge in [-0.25, -0.2) is 0 Å². The van der Waals surface area contributed by atoms with Gasteiger partial charge < -0.3 is 9.13 Å². The van der Waals surface area contributed by atoms with E-state index < -0.39 is 8.07 Å². The van der Waals surface area contributed by atoms with Crippen LogP contribution in [-0.2, 0) is 0 Å². The Balaban J connectivity index is 0.974. The third-order valence-corrected chi connectivity index (χ3v) is 19.4. The molecule has 0 aliphatic carbocycles. The molecule has 13 aromatic rings. The number of hydrogen-bond donors (Lipinski definition) is 0. The van der Waals surface area contributed by atoms with E-state index in [-0.39, 0.29) is 0 Å². The van der Waals surface area contributed by atoms with Gasteiger partial charge in [0.05, 0.1) is 22.1 Å². The summed E-state index contributed by atoms with van der Waals surface area (Å²) in [5.74, 6) is 0.